The van der Waals surface area contributed by atoms with Gasteiger partial charge in [-0.15, -0.1) is 0 Å². The molecular formula is C16H18N4O. The highest BCUT2D eigenvalue weighted by Gasteiger charge is 2.16. The summed E-state index contributed by atoms with van der Waals surface area (Å²) in [5.41, 5.74) is 0.922. The molecule has 0 saturated heterocycles. The maximum Gasteiger partial charge on any atom is 0.256 e. The lowest BCUT2D eigenvalue weighted by atomic mass is 10.1. The van der Waals surface area contributed by atoms with E-state index >= 15 is 0 Å². The van der Waals surface area contributed by atoms with Gasteiger partial charge in [0.2, 0.25) is 0 Å². The van der Waals surface area contributed by atoms with Crippen LogP contribution in [0.4, 0.5) is 5.82 Å². The van der Waals surface area contributed by atoms with Crippen molar-refractivity contribution in [3.05, 3.63) is 47.7 Å². The van der Waals surface area contributed by atoms with Crippen LogP contribution in [-0.2, 0) is 0 Å². The van der Waals surface area contributed by atoms with E-state index in [1.165, 1.54) is 0 Å². The Labute approximate surface area is 124 Å². The molecule has 0 saturated carbocycles. The van der Waals surface area contributed by atoms with E-state index in [0.29, 0.717) is 22.9 Å². The monoisotopic (exact) mass is 282 g/mol. The minimum atomic E-state index is -0.246. The maximum atomic E-state index is 12.3. The van der Waals surface area contributed by atoms with E-state index < -0.39 is 0 Å². The Morgan fingerprint density at radius 1 is 1.33 bits per heavy atom. The van der Waals surface area contributed by atoms with Gasteiger partial charge in [0.05, 0.1) is 23.9 Å². The number of carbonyl (C=O) groups is 1. The zero-order valence-corrected chi connectivity index (χ0v) is 12.4. The molecule has 1 heterocycles. The van der Waals surface area contributed by atoms with Crippen molar-refractivity contribution in [2.24, 2.45) is 5.92 Å². The molecule has 5 heteroatoms. The first-order chi connectivity index (χ1) is 10.0. The average molecular weight is 282 g/mol. The van der Waals surface area contributed by atoms with E-state index in [-0.39, 0.29) is 11.9 Å². The zero-order valence-electron chi connectivity index (χ0n) is 12.4. The van der Waals surface area contributed by atoms with Crippen LogP contribution in [0.15, 0.2) is 36.5 Å². The highest BCUT2D eigenvalue weighted by Crippen LogP contribution is 2.21. The predicted molar refractivity (Wildman–Crippen MR) is 80.9 cm³/mol. The van der Waals surface area contributed by atoms with Crippen molar-refractivity contribution >= 4 is 11.7 Å². The molecule has 21 heavy (non-hydrogen) atoms. The van der Waals surface area contributed by atoms with Crippen molar-refractivity contribution in [3.8, 4) is 6.07 Å². The maximum absolute atomic E-state index is 12.3. The molecule has 108 valence electrons. The van der Waals surface area contributed by atoms with Gasteiger partial charge in [0, 0.05) is 11.6 Å². The number of hydrogen-bond donors (Lipinski definition) is 1. The van der Waals surface area contributed by atoms with Crippen LogP contribution >= 0.6 is 0 Å². The number of hydrogen-bond acceptors (Lipinski definition) is 3. The molecule has 0 fully saturated rings. The Kier molecular flexibility index (Phi) is 4.39. The Balaban J connectivity index is 2.21. The van der Waals surface area contributed by atoms with Crippen LogP contribution in [0.2, 0.25) is 0 Å². The van der Waals surface area contributed by atoms with Crippen molar-refractivity contribution in [3.63, 3.8) is 0 Å². The molecule has 0 aliphatic heterocycles. The van der Waals surface area contributed by atoms with E-state index in [4.69, 9.17) is 5.26 Å². The number of rotatable bonds is 4. The third-order valence-electron chi connectivity index (χ3n) is 3.52. The van der Waals surface area contributed by atoms with Crippen LogP contribution in [0.5, 0.6) is 0 Å². The fraction of sp³-hybridized carbons (Fsp3) is 0.312. The van der Waals surface area contributed by atoms with Crippen LogP contribution in [0.1, 0.15) is 42.7 Å². The van der Waals surface area contributed by atoms with Crippen molar-refractivity contribution < 1.29 is 4.79 Å². The minimum absolute atomic E-state index is 0.181. The Bertz CT molecular complexity index is 682. The first-order valence-corrected chi connectivity index (χ1v) is 6.88. The highest BCUT2D eigenvalue weighted by molar-refractivity contribution is 6.04. The van der Waals surface area contributed by atoms with E-state index in [1.54, 1.807) is 41.2 Å². The van der Waals surface area contributed by atoms with E-state index in [0.717, 1.165) is 0 Å². The molecule has 1 amide bonds. The fourth-order valence-electron chi connectivity index (χ4n) is 1.94. The van der Waals surface area contributed by atoms with Crippen molar-refractivity contribution in [2.75, 3.05) is 5.32 Å². The van der Waals surface area contributed by atoms with Gasteiger partial charge < -0.3 is 5.32 Å². The van der Waals surface area contributed by atoms with Gasteiger partial charge in [0.1, 0.15) is 5.82 Å². The van der Waals surface area contributed by atoms with Crippen molar-refractivity contribution in [1.82, 2.24) is 9.78 Å². The average Bonchev–Trinajstić information content (AvgIpc) is 2.94. The van der Waals surface area contributed by atoms with Gasteiger partial charge in [0.25, 0.3) is 5.91 Å². The lowest BCUT2D eigenvalue weighted by molar-refractivity contribution is 0.102. The second-order valence-electron chi connectivity index (χ2n) is 5.29. The van der Waals surface area contributed by atoms with E-state index in [1.807, 2.05) is 6.07 Å². The molecule has 0 bridgehead atoms. The second-order valence-corrected chi connectivity index (χ2v) is 5.29. The normalized spacial score (nSPS) is 12.0. The molecule has 0 radical (unpaired) electrons. The van der Waals surface area contributed by atoms with E-state index in [2.05, 4.69) is 31.2 Å². The fourth-order valence-corrected chi connectivity index (χ4v) is 1.94. The third-order valence-corrected chi connectivity index (χ3v) is 3.52. The third kappa shape index (κ3) is 3.29. The Morgan fingerprint density at radius 3 is 2.76 bits per heavy atom. The molecule has 1 aromatic carbocycles. The topological polar surface area (TPSA) is 70.7 Å². The zero-order chi connectivity index (χ0) is 15.4. The highest BCUT2D eigenvalue weighted by atomic mass is 16.1. The van der Waals surface area contributed by atoms with Gasteiger partial charge in [-0.25, -0.2) is 4.68 Å². The summed E-state index contributed by atoms with van der Waals surface area (Å²) < 4.78 is 1.80. The van der Waals surface area contributed by atoms with Crippen LogP contribution in [0.25, 0.3) is 0 Å². The Hall–Kier alpha value is -2.61. The van der Waals surface area contributed by atoms with Crippen LogP contribution < -0.4 is 5.32 Å². The molecule has 2 rings (SSSR count). The van der Waals surface area contributed by atoms with Crippen molar-refractivity contribution in [1.29, 1.82) is 5.26 Å². The lowest BCUT2D eigenvalue weighted by Crippen LogP contribution is -2.20. The number of anilines is 1. The first-order valence-electron chi connectivity index (χ1n) is 6.88. The molecule has 1 atom stereocenters. The smallest absolute Gasteiger partial charge is 0.256 e. The van der Waals surface area contributed by atoms with E-state index in [9.17, 15) is 4.79 Å². The summed E-state index contributed by atoms with van der Waals surface area (Å²) in [5.74, 6) is 0.816. The summed E-state index contributed by atoms with van der Waals surface area (Å²) in [7, 11) is 0. The summed E-state index contributed by atoms with van der Waals surface area (Å²) in [6.07, 6.45) is 1.67. The number of nitriles is 1. The van der Waals surface area contributed by atoms with Gasteiger partial charge in [-0.1, -0.05) is 19.9 Å². The first kappa shape index (κ1) is 14.8. The van der Waals surface area contributed by atoms with Crippen LogP contribution in [0, 0.1) is 17.2 Å². The standard InChI is InChI=1S/C16H18N4O/c1-11(2)12(3)20-15(7-8-18-20)19-16(21)14-6-4-5-13(9-14)10-17/h4-9,11-12H,1-3H3,(H,19,21). The van der Waals surface area contributed by atoms with Gasteiger partial charge in [-0.2, -0.15) is 10.4 Å². The number of nitrogens with one attached hydrogen (secondary N) is 1. The molecule has 1 aromatic heterocycles. The number of amides is 1. The quantitative estimate of drug-likeness (QED) is 0.935. The van der Waals surface area contributed by atoms with Crippen molar-refractivity contribution in [2.45, 2.75) is 26.8 Å². The summed E-state index contributed by atoms with van der Waals surface area (Å²) >= 11 is 0. The van der Waals surface area contributed by atoms with Gasteiger partial charge in [-0.05, 0) is 31.0 Å². The molecular weight excluding hydrogens is 264 g/mol. The Morgan fingerprint density at radius 2 is 2.10 bits per heavy atom. The molecule has 1 N–H and O–H groups in total. The summed E-state index contributed by atoms with van der Waals surface area (Å²) in [6.45, 7) is 6.27. The minimum Gasteiger partial charge on any atom is -0.307 e. The second kappa shape index (κ2) is 6.23. The summed E-state index contributed by atoms with van der Waals surface area (Å²) in [4.78, 5) is 12.3. The molecule has 5 nitrogen and oxygen atoms in total. The molecule has 0 spiro atoms. The lowest BCUT2D eigenvalue weighted by Gasteiger charge is -2.19. The number of carbonyl (C=O) groups excluding carboxylic acids is 1. The molecule has 0 aliphatic rings. The SMILES string of the molecule is CC(C)C(C)n1nccc1NC(=O)c1cccc(C#N)c1. The largest absolute Gasteiger partial charge is 0.307 e. The van der Waals surface area contributed by atoms with Crippen LogP contribution in [-0.4, -0.2) is 15.7 Å². The number of aromatic nitrogens is 2. The van der Waals surface area contributed by atoms with Gasteiger partial charge in [0.15, 0.2) is 0 Å². The number of benzene rings is 1. The molecule has 1 unspecified atom stereocenters. The molecule has 0 aliphatic carbocycles. The summed E-state index contributed by atoms with van der Waals surface area (Å²) in [5, 5.41) is 16.0. The van der Waals surface area contributed by atoms with Crippen LogP contribution in [0.3, 0.4) is 0 Å². The molecule has 2 aromatic rings. The number of nitrogens with zero attached hydrogens (tertiary/aromatic N) is 3. The predicted octanol–water partition coefficient (Wildman–Crippen LogP) is 3.22. The van der Waals surface area contributed by atoms with Gasteiger partial charge >= 0.3 is 0 Å². The summed E-state index contributed by atoms with van der Waals surface area (Å²) in [6, 6.07) is 10.6. The van der Waals surface area contributed by atoms with Gasteiger partial charge in [-0.3, -0.25) is 4.79 Å².